The number of aliphatic hydroxyl groups excluding tert-OH is 2. The van der Waals surface area contributed by atoms with Gasteiger partial charge in [-0.3, -0.25) is 4.79 Å². The molecular weight excluding hydrogens is 779 g/mol. The van der Waals surface area contributed by atoms with Crippen LogP contribution in [0.25, 0.3) is 0 Å². The Kier molecular flexibility index (Phi) is 15.8. The summed E-state index contributed by atoms with van der Waals surface area (Å²) in [4.78, 5) is 18.6. The molecule has 336 valence electrons. The second-order valence-corrected chi connectivity index (χ2v) is 19.1. The number of guanidine groups is 1. The van der Waals surface area contributed by atoms with Crippen molar-refractivity contribution in [2.24, 2.45) is 46.0 Å². The number of fused-ring (bicyclic) bond motifs is 6. The summed E-state index contributed by atoms with van der Waals surface area (Å²) in [5.41, 5.74) is 17.6. The van der Waals surface area contributed by atoms with Crippen molar-refractivity contribution >= 4 is 11.7 Å². The van der Waals surface area contributed by atoms with Crippen molar-refractivity contribution < 1.29 is 34.7 Å². The van der Waals surface area contributed by atoms with Gasteiger partial charge in [0.05, 0.1) is 31.5 Å². The van der Waals surface area contributed by atoms with Crippen LogP contribution in [0.3, 0.4) is 0 Å². The van der Waals surface area contributed by atoms with Gasteiger partial charge in [-0.05, 0) is 148 Å². The number of ether oxygens (including phenoxy) is 2. The van der Waals surface area contributed by atoms with Crippen LogP contribution in [0.5, 0.6) is 17.2 Å². The van der Waals surface area contributed by atoms with Crippen LogP contribution in [0.15, 0.2) is 58.6 Å². The molecule has 0 heterocycles. The molecule has 0 radical (unpaired) electrons. The number of phenols is 2. The molecule has 8 N–H and O–H groups in total. The maximum atomic E-state index is 13.8. The predicted octanol–water partition coefficient (Wildman–Crippen LogP) is 8.47. The van der Waals surface area contributed by atoms with E-state index in [9.17, 15) is 25.2 Å². The van der Waals surface area contributed by atoms with Crippen LogP contribution >= 0.6 is 0 Å². The molecule has 62 heavy (non-hydrogen) atoms. The molecule has 10 nitrogen and oxygen atoms in total. The van der Waals surface area contributed by atoms with Crippen LogP contribution in [-0.2, 0) is 16.0 Å². The molecule has 0 amide bonds. The van der Waals surface area contributed by atoms with E-state index >= 15 is 0 Å². The second-order valence-electron chi connectivity index (χ2n) is 19.1. The molecule has 10 heteroatoms. The van der Waals surface area contributed by atoms with Crippen LogP contribution in [0.1, 0.15) is 151 Å². The van der Waals surface area contributed by atoms with E-state index in [4.69, 9.17) is 25.9 Å². The number of ketones is 1. The predicted molar refractivity (Wildman–Crippen MR) is 244 cm³/mol. The highest BCUT2D eigenvalue weighted by molar-refractivity contribution is 5.90. The Labute approximate surface area is 369 Å². The molecule has 3 saturated carbocycles. The number of aliphatic hydroxyl groups is 2. The topological polar surface area (TPSA) is 181 Å². The number of carbonyl (C=O) groups excluding carboxylic acids is 1. The number of allylic oxidation sites excluding steroid dienone is 3. The number of benzene rings is 2. The Morgan fingerprint density at radius 1 is 1.00 bits per heavy atom. The molecule has 7 rings (SSSR count). The highest BCUT2D eigenvalue weighted by Gasteiger charge is 2.49. The summed E-state index contributed by atoms with van der Waals surface area (Å²) in [7, 11) is 0. The molecule has 2 aromatic carbocycles. The number of rotatable bonds is 16. The molecule has 0 spiro atoms. The van der Waals surface area contributed by atoms with Crippen molar-refractivity contribution in [2.75, 3.05) is 19.8 Å². The lowest BCUT2D eigenvalue weighted by Gasteiger charge is -2.50. The summed E-state index contributed by atoms with van der Waals surface area (Å²) < 4.78 is 13.8. The van der Waals surface area contributed by atoms with Gasteiger partial charge in [0.25, 0.3) is 0 Å². The highest BCUT2D eigenvalue weighted by atomic mass is 16.5. The summed E-state index contributed by atoms with van der Waals surface area (Å²) in [6.45, 7) is 4.56. The zero-order valence-corrected chi connectivity index (χ0v) is 37.1. The van der Waals surface area contributed by atoms with Gasteiger partial charge in [-0.1, -0.05) is 68.7 Å². The van der Waals surface area contributed by atoms with Gasteiger partial charge in [0.15, 0.2) is 23.2 Å². The third-order valence-corrected chi connectivity index (χ3v) is 14.7. The molecule has 8 atom stereocenters. The number of phenolic OH excluding ortho intramolecular Hbond substituents is 2. The molecule has 0 aliphatic heterocycles. The quantitative estimate of drug-likeness (QED) is 0.0318. The van der Waals surface area contributed by atoms with Crippen LogP contribution in [0.2, 0.25) is 0 Å². The van der Waals surface area contributed by atoms with E-state index in [1.54, 1.807) is 12.1 Å². The zero-order valence-electron chi connectivity index (χ0n) is 37.1. The number of aliphatic imine (C=N–C) groups is 1. The fourth-order valence-electron chi connectivity index (χ4n) is 11.7. The third kappa shape index (κ3) is 10.9. The molecule has 2 bridgehead atoms. The summed E-state index contributed by atoms with van der Waals surface area (Å²) >= 11 is 0. The minimum absolute atomic E-state index is 0.0137. The summed E-state index contributed by atoms with van der Waals surface area (Å²) in [6.07, 6.45) is 18.4. The van der Waals surface area contributed by atoms with E-state index in [0.717, 1.165) is 86.5 Å². The van der Waals surface area contributed by atoms with Crippen molar-refractivity contribution in [3.8, 4) is 29.1 Å². The lowest BCUT2D eigenvalue weighted by molar-refractivity contribution is -0.114. The normalized spacial score (nSPS) is 27.2. The van der Waals surface area contributed by atoms with Crippen molar-refractivity contribution in [3.05, 3.63) is 75.9 Å². The van der Waals surface area contributed by atoms with Crippen molar-refractivity contribution in [1.82, 2.24) is 0 Å². The molecule has 5 aliphatic carbocycles. The Bertz CT molecular complexity index is 2010. The van der Waals surface area contributed by atoms with E-state index < -0.39 is 0 Å². The molecule has 0 saturated heterocycles. The first-order chi connectivity index (χ1) is 30.1. The SMILES string of the molecule is CCC(CCO)C(=CC(=O)CCc1cc(OC2CCCC2)c(O)c2c1C#CCC(N=C(N)N)CC1C=C3C(c4cccc(O)c4)CC(C)CC3C2C1COC1CCCCC1)CO. The standard InChI is InChI=1S/C52H71N3O7/c1-3-33(21-22-56)37(30-57)27-40(59)20-19-35-29-48(62-42-16-7-8-17-42)51(60)50-43(35)18-10-12-38(55-52(53)54)25-36-28-45-44(34-11-9-13-39(58)26-34)23-32(2)24-46(45)49(50)47(36)31-61-41-14-5-4-6-15-41/h9,11,13,26-29,32-33,36,38,41-42,44,46-47,49,56-58,60H,3-8,12,14-17,19-25,30-31H2,1-2H3,(H4,53,54,55). The molecule has 5 aliphatic rings. The van der Waals surface area contributed by atoms with Gasteiger partial charge >= 0.3 is 0 Å². The average molecular weight is 850 g/mol. The number of aryl methyl sites for hydroxylation is 1. The molecular formula is C52H71N3O7. The summed E-state index contributed by atoms with van der Waals surface area (Å²) in [5, 5.41) is 43.6. The molecule has 3 fully saturated rings. The van der Waals surface area contributed by atoms with Gasteiger partial charge in [-0.15, -0.1) is 0 Å². The lowest BCUT2D eigenvalue weighted by atomic mass is 9.55. The van der Waals surface area contributed by atoms with Gasteiger partial charge in [-0.25, -0.2) is 4.99 Å². The van der Waals surface area contributed by atoms with Crippen molar-refractivity contribution in [1.29, 1.82) is 0 Å². The number of aromatic hydroxyl groups is 2. The minimum atomic E-state index is -0.275. The van der Waals surface area contributed by atoms with Gasteiger partial charge in [0.2, 0.25) is 0 Å². The number of nitrogens with two attached hydrogens (primary N) is 2. The van der Waals surface area contributed by atoms with Crippen LogP contribution in [0, 0.1) is 41.4 Å². The second kappa shape index (κ2) is 21.4. The molecule has 0 aromatic heterocycles. The smallest absolute Gasteiger partial charge is 0.186 e. The first-order valence-electron chi connectivity index (χ1n) is 23.8. The van der Waals surface area contributed by atoms with E-state index in [-0.39, 0.29) is 96.6 Å². The Balaban J connectivity index is 1.42. The van der Waals surface area contributed by atoms with Crippen LogP contribution in [-0.4, -0.2) is 70.2 Å². The fourth-order valence-corrected chi connectivity index (χ4v) is 11.7. The Hall–Kier alpha value is -4.30. The summed E-state index contributed by atoms with van der Waals surface area (Å²) in [6, 6.07) is 9.32. The van der Waals surface area contributed by atoms with E-state index in [0.29, 0.717) is 56.0 Å². The maximum Gasteiger partial charge on any atom is 0.186 e. The Morgan fingerprint density at radius 2 is 1.76 bits per heavy atom. The largest absolute Gasteiger partial charge is 0.508 e. The van der Waals surface area contributed by atoms with Gasteiger partial charge in [0.1, 0.15) is 5.75 Å². The monoisotopic (exact) mass is 850 g/mol. The molecule has 2 aromatic rings. The third-order valence-electron chi connectivity index (χ3n) is 14.7. The number of hydrogen-bond donors (Lipinski definition) is 6. The van der Waals surface area contributed by atoms with Crippen LogP contribution in [0.4, 0.5) is 0 Å². The van der Waals surface area contributed by atoms with Crippen molar-refractivity contribution in [2.45, 2.75) is 153 Å². The summed E-state index contributed by atoms with van der Waals surface area (Å²) in [5.74, 6) is 7.84. The number of carbonyl (C=O) groups is 1. The average Bonchev–Trinajstić information content (AvgIpc) is 3.77. The first-order valence-corrected chi connectivity index (χ1v) is 23.8. The van der Waals surface area contributed by atoms with E-state index in [1.165, 1.54) is 12.0 Å². The number of nitrogens with zero attached hydrogens (tertiary/aromatic N) is 1. The Morgan fingerprint density at radius 3 is 2.47 bits per heavy atom. The maximum absolute atomic E-state index is 13.8. The zero-order chi connectivity index (χ0) is 43.8. The van der Waals surface area contributed by atoms with E-state index in [1.807, 2.05) is 25.1 Å². The lowest BCUT2D eigenvalue weighted by Crippen LogP contribution is -2.42. The minimum Gasteiger partial charge on any atom is -0.508 e. The van der Waals surface area contributed by atoms with Crippen molar-refractivity contribution in [3.63, 3.8) is 0 Å². The van der Waals surface area contributed by atoms with Gasteiger partial charge in [-0.2, -0.15) is 0 Å². The van der Waals surface area contributed by atoms with Gasteiger partial charge in [0, 0.05) is 42.4 Å². The fraction of sp³-hybridized carbons (Fsp3) is 0.615. The highest BCUT2D eigenvalue weighted by Crippen LogP contribution is 2.59. The number of hydrogen-bond acceptors (Lipinski definition) is 8. The van der Waals surface area contributed by atoms with E-state index in [2.05, 4.69) is 30.9 Å². The van der Waals surface area contributed by atoms with Gasteiger partial charge < -0.3 is 41.4 Å². The first kappa shape index (κ1) is 45.7. The molecule has 8 unspecified atom stereocenters. The van der Waals surface area contributed by atoms with Crippen LogP contribution < -0.4 is 16.2 Å².